The number of hydrogen-bond donors (Lipinski definition) is 3. The van der Waals surface area contributed by atoms with Crippen LogP contribution in [0.3, 0.4) is 0 Å². The third-order valence-electron chi connectivity index (χ3n) is 5.17. The summed E-state index contributed by atoms with van der Waals surface area (Å²) in [5.41, 5.74) is 2.43. The van der Waals surface area contributed by atoms with Gasteiger partial charge in [-0.25, -0.2) is 9.37 Å². The van der Waals surface area contributed by atoms with E-state index in [4.69, 9.17) is 0 Å². The molecule has 2 unspecified atom stereocenters. The molecule has 5 rings (SSSR count). The van der Waals surface area contributed by atoms with Gasteiger partial charge in [-0.1, -0.05) is 0 Å². The lowest BCUT2D eigenvalue weighted by Crippen LogP contribution is -2.36. The van der Waals surface area contributed by atoms with Crippen molar-refractivity contribution in [3.8, 4) is 10.4 Å². The van der Waals surface area contributed by atoms with Crippen LogP contribution in [0, 0.1) is 12.8 Å². The van der Waals surface area contributed by atoms with E-state index in [1.54, 1.807) is 6.20 Å². The van der Waals surface area contributed by atoms with E-state index in [1.807, 2.05) is 13.0 Å². The molecule has 0 radical (unpaired) electrons. The minimum atomic E-state index is -0.811. The highest BCUT2D eigenvalue weighted by Crippen LogP contribution is 2.44. The second-order valence-electron chi connectivity index (χ2n) is 6.68. The fraction of sp³-hybridized carbons (Fsp3) is 0.438. The molecular weight excluding hydrogens is 329 g/mol. The molecule has 2 aliphatic rings. The predicted molar refractivity (Wildman–Crippen MR) is 89.8 cm³/mol. The first-order valence-corrected chi connectivity index (χ1v) is 8.86. The number of nitrogens with zero attached hydrogens (tertiary/aromatic N) is 2. The predicted octanol–water partition coefficient (Wildman–Crippen LogP) is 2.44. The van der Waals surface area contributed by atoms with E-state index >= 15 is 0 Å². The summed E-state index contributed by atoms with van der Waals surface area (Å²) in [4.78, 5) is 20.9. The number of alkyl halides is 1. The maximum Gasteiger partial charge on any atom is 0.268 e. The Hall–Kier alpha value is -2.06. The second-order valence-corrected chi connectivity index (χ2v) is 7.73. The van der Waals surface area contributed by atoms with Crippen molar-refractivity contribution in [3.63, 3.8) is 0 Å². The van der Waals surface area contributed by atoms with Crippen molar-refractivity contribution in [1.29, 1.82) is 0 Å². The number of aryl methyl sites for hydroxylation is 1. The van der Waals surface area contributed by atoms with Crippen LogP contribution in [0.1, 0.15) is 30.4 Å². The molecule has 3 N–H and O–H groups in total. The zero-order chi connectivity index (χ0) is 16.4. The third kappa shape index (κ3) is 1.99. The van der Waals surface area contributed by atoms with Crippen molar-refractivity contribution in [3.05, 3.63) is 34.1 Å². The number of fused-ring (bicyclic) bond motifs is 3. The van der Waals surface area contributed by atoms with Crippen molar-refractivity contribution >= 4 is 21.6 Å². The number of halogens is 1. The van der Waals surface area contributed by atoms with Gasteiger partial charge in [-0.2, -0.15) is 5.10 Å². The number of hydrogen-bond acceptors (Lipinski definition) is 5. The number of piperidine rings is 1. The molecule has 3 aromatic rings. The normalized spacial score (nSPS) is 28.9. The minimum Gasteiger partial charge on any atom is -0.308 e. The fourth-order valence-corrected chi connectivity index (χ4v) is 5.06. The first kappa shape index (κ1) is 14.3. The Bertz CT molecular complexity index is 992. The third-order valence-corrected chi connectivity index (χ3v) is 6.32. The zero-order valence-electron chi connectivity index (χ0n) is 13.0. The molecule has 1 saturated heterocycles. The van der Waals surface area contributed by atoms with Gasteiger partial charge in [0.25, 0.3) is 5.56 Å². The van der Waals surface area contributed by atoms with E-state index in [-0.39, 0.29) is 23.6 Å². The molecule has 8 heteroatoms. The summed E-state index contributed by atoms with van der Waals surface area (Å²) >= 11 is 1.40. The Balaban J connectivity index is 1.60. The van der Waals surface area contributed by atoms with Crippen molar-refractivity contribution < 1.29 is 4.39 Å². The van der Waals surface area contributed by atoms with Crippen molar-refractivity contribution in [2.24, 2.45) is 5.92 Å². The van der Waals surface area contributed by atoms with Gasteiger partial charge < -0.3 is 10.3 Å². The Morgan fingerprint density at radius 3 is 2.96 bits per heavy atom. The molecular formula is C16H16FN5OS. The lowest BCUT2D eigenvalue weighted by Gasteiger charge is -2.24. The minimum absolute atomic E-state index is 0.0928. The highest BCUT2D eigenvalue weighted by molar-refractivity contribution is 7.22. The van der Waals surface area contributed by atoms with Crippen LogP contribution in [0.4, 0.5) is 4.39 Å². The van der Waals surface area contributed by atoms with Crippen LogP contribution in [0.5, 0.6) is 0 Å². The molecule has 6 nitrogen and oxygen atoms in total. The van der Waals surface area contributed by atoms with Gasteiger partial charge in [0.2, 0.25) is 0 Å². The second kappa shape index (κ2) is 4.97. The van der Waals surface area contributed by atoms with E-state index in [1.165, 1.54) is 11.3 Å². The number of aromatic amines is 2. The first-order chi connectivity index (χ1) is 11.6. The monoisotopic (exact) mass is 345 g/mol. The molecule has 2 fully saturated rings. The van der Waals surface area contributed by atoms with Crippen LogP contribution in [0.25, 0.3) is 20.7 Å². The summed E-state index contributed by atoms with van der Waals surface area (Å²) in [6, 6.07) is 1.91. The fourth-order valence-electron chi connectivity index (χ4n) is 4.00. The van der Waals surface area contributed by atoms with Crippen LogP contribution in [0.15, 0.2) is 17.1 Å². The topological polar surface area (TPSA) is 86.5 Å². The quantitative estimate of drug-likeness (QED) is 0.666. The zero-order valence-corrected chi connectivity index (χ0v) is 13.8. The standard InChI is InChI=1S/C16H16FN5OS/c1-6-9(5-18-22-6)12-4-11-14(24-12)16(23)21-15(20-11)13-8-2-7(19-13)3-10(8)17/h4-5,7-8,10,13,19H,2-3H2,1H3,(H,18,22)(H,20,21,23)/t7?,8?,10-,13+/m1/s1. The molecule has 24 heavy (non-hydrogen) atoms. The maximum atomic E-state index is 14.0. The average molecular weight is 345 g/mol. The van der Waals surface area contributed by atoms with Crippen LogP contribution >= 0.6 is 11.3 Å². The van der Waals surface area contributed by atoms with Crippen LogP contribution in [-0.2, 0) is 0 Å². The molecule has 3 aromatic heterocycles. The van der Waals surface area contributed by atoms with Gasteiger partial charge in [-0.3, -0.25) is 9.89 Å². The number of H-pyrrole nitrogens is 2. The van der Waals surface area contributed by atoms with E-state index < -0.39 is 6.17 Å². The van der Waals surface area contributed by atoms with Crippen LogP contribution in [0.2, 0.25) is 0 Å². The van der Waals surface area contributed by atoms with Crippen LogP contribution in [-0.4, -0.2) is 32.4 Å². The highest BCUT2D eigenvalue weighted by atomic mass is 32.1. The highest BCUT2D eigenvalue weighted by Gasteiger charge is 2.48. The summed E-state index contributed by atoms with van der Waals surface area (Å²) < 4.78 is 14.6. The van der Waals surface area contributed by atoms with E-state index in [0.717, 1.165) is 22.6 Å². The molecule has 4 atom stereocenters. The Morgan fingerprint density at radius 1 is 1.38 bits per heavy atom. The van der Waals surface area contributed by atoms with Gasteiger partial charge in [0, 0.05) is 28.1 Å². The van der Waals surface area contributed by atoms with Gasteiger partial charge in [-0.15, -0.1) is 11.3 Å². The number of thiophene rings is 1. The SMILES string of the molecule is Cc1[nH]ncc1-c1cc2nc([C@H]3NC4CC3[C@H](F)C4)[nH]c(=O)c2s1. The molecule has 0 spiro atoms. The van der Waals surface area contributed by atoms with Gasteiger partial charge in [0.1, 0.15) is 16.7 Å². The Labute approximate surface area is 140 Å². The van der Waals surface area contributed by atoms with Crippen molar-refractivity contribution in [2.45, 2.75) is 38.0 Å². The van der Waals surface area contributed by atoms with Gasteiger partial charge in [0.05, 0.1) is 17.8 Å². The summed E-state index contributed by atoms with van der Waals surface area (Å²) in [6.45, 7) is 1.94. The van der Waals surface area contributed by atoms with Crippen LogP contribution < -0.4 is 10.9 Å². The first-order valence-electron chi connectivity index (χ1n) is 8.04. The van der Waals surface area contributed by atoms with Gasteiger partial charge in [0.15, 0.2) is 0 Å². The smallest absolute Gasteiger partial charge is 0.268 e. The van der Waals surface area contributed by atoms with E-state index in [0.29, 0.717) is 22.5 Å². The Kier molecular flexibility index (Phi) is 2.96. The number of nitrogens with one attached hydrogen (secondary N) is 3. The molecule has 124 valence electrons. The molecule has 0 amide bonds. The average Bonchev–Trinajstić information content (AvgIpc) is 3.28. The summed E-state index contributed by atoms with van der Waals surface area (Å²) in [7, 11) is 0. The van der Waals surface area contributed by atoms with Crippen molar-refractivity contribution in [1.82, 2.24) is 25.5 Å². The van der Waals surface area contributed by atoms with Crippen molar-refractivity contribution in [2.75, 3.05) is 0 Å². The van der Waals surface area contributed by atoms with Gasteiger partial charge in [-0.05, 0) is 25.8 Å². The van der Waals surface area contributed by atoms with E-state index in [9.17, 15) is 9.18 Å². The molecule has 1 saturated carbocycles. The number of rotatable bonds is 2. The lowest BCUT2D eigenvalue weighted by atomic mass is 9.97. The summed E-state index contributed by atoms with van der Waals surface area (Å²) in [6.07, 6.45) is 2.32. The molecule has 4 heterocycles. The molecule has 1 aliphatic carbocycles. The van der Waals surface area contributed by atoms with E-state index in [2.05, 4.69) is 25.5 Å². The maximum absolute atomic E-state index is 14.0. The molecule has 1 aliphatic heterocycles. The molecule has 0 aromatic carbocycles. The van der Waals surface area contributed by atoms with Gasteiger partial charge >= 0.3 is 0 Å². The summed E-state index contributed by atoms with van der Waals surface area (Å²) in [5, 5.41) is 10.3. The number of aromatic nitrogens is 4. The summed E-state index contributed by atoms with van der Waals surface area (Å²) in [5.74, 6) is 0.459. The Morgan fingerprint density at radius 2 is 2.25 bits per heavy atom. The lowest BCUT2D eigenvalue weighted by molar-refractivity contribution is 0.196. The molecule has 2 bridgehead atoms. The largest absolute Gasteiger partial charge is 0.308 e.